The van der Waals surface area contributed by atoms with E-state index < -0.39 is 87.4 Å². The Kier molecular flexibility index (Phi) is 51.7. The van der Waals surface area contributed by atoms with Gasteiger partial charge in [0.1, 0.15) is 23.3 Å². The fourth-order valence-electron chi connectivity index (χ4n) is 12.0. The van der Waals surface area contributed by atoms with E-state index in [9.17, 15) is 83.4 Å². The van der Waals surface area contributed by atoms with Gasteiger partial charge in [-0.1, -0.05) is 240 Å². The van der Waals surface area contributed by atoms with E-state index in [-0.39, 0.29) is 57.3 Å². The summed E-state index contributed by atoms with van der Waals surface area (Å²) >= 11 is 0. The number of aromatic nitrogens is 1. The second-order valence-electron chi connectivity index (χ2n) is 28.4. The Morgan fingerprint density at radius 3 is 1.11 bits per heavy atom. The molecule has 1 aromatic heterocycles. The van der Waals surface area contributed by atoms with Crippen LogP contribution in [-0.2, 0) is 83.2 Å². The van der Waals surface area contributed by atoms with E-state index in [1.165, 1.54) is 107 Å². The number of nitrogens with zero attached hydrogens (tertiary/aromatic N) is 1. The van der Waals surface area contributed by atoms with E-state index >= 15 is 0 Å². The minimum absolute atomic E-state index is 0.0972. The van der Waals surface area contributed by atoms with Gasteiger partial charge in [-0.05, 0) is 285 Å². The van der Waals surface area contributed by atoms with Gasteiger partial charge in [-0.3, -0.25) is 4.98 Å². The first-order valence-electron chi connectivity index (χ1n) is 41.8. The monoisotopic (exact) mass is 1760 g/mol. The lowest BCUT2D eigenvalue weighted by molar-refractivity contribution is -0.138. The molecule has 0 spiro atoms. The van der Waals surface area contributed by atoms with Crippen LogP contribution in [0, 0.1) is 135 Å². The van der Waals surface area contributed by atoms with Crippen LogP contribution < -0.4 is 0 Å². The molecule has 0 saturated heterocycles. The molecule has 0 aliphatic rings. The molecule has 126 heavy (non-hydrogen) atoms. The average Bonchev–Trinajstić information content (AvgIpc) is 0.805. The highest BCUT2D eigenvalue weighted by Gasteiger charge is 2.32. The lowest BCUT2D eigenvalue weighted by atomic mass is 10.0. The average molecular weight is 1770 g/mol. The fourth-order valence-corrected chi connectivity index (χ4v) is 12.0. The predicted molar refractivity (Wildman–Crippen MR) is 478 cm³/mol. The van der Waals surface area contributed by atoms with Crippen LogP contribution in [0.2, 0.25) is 0 Å². The van der Waals surface area contributed by atoms with Crippen LogP contribution in [0.3, 0.4) is 0 Å². The van der Waals surface area contributed by atoms with Crippen LogP contribution >= 0.6 is 0 Å². The molecule has 0 fully saturated rings. The van der Waals surface area contributed by atoms with E-state index in [1.807, 2.05) is 57.4 Å². The van der Waals surface area contributed by atoms with Crippen molar-refractivity contribution in [3.05, 3.63) is 430 Å². The first-order valence-corrected chi connectivity index (χ1v) is 41.8. The van der Waals surface area contributed by atoms with Crippen molar-refractivity contribution in [3.8, 4) is 0 Å². The summed E-state index contributed by atoms with van der Waals surface area (Å²) in [6.07, 6.45) is 8.28. The SMILES string of the molecule is CCc1c(C)c(F)c(F)c(F)c1F.CCc1c(C)c(F)cc(F)c1F.CCc1c(C)cc(F)c(F)c1F.CCc1cc(F)c(F)c(F)c1C.CCc1ccc(F)cc1.CCc1ccc2ccccc2c1.CCc1cccc(C)c1.CCc1cccc(F)c1.CCc1ccccc1C.CCc1ccccc1C(F)(F)F.CCc1ccccc1F.CCc1ccncc1. The number of benzene rings is 12. The van der Waals surface area contributed by atoms with Gasteiger partial charge in [-0.15, -0.1) is 0 Å². The minimum Gasteiger partial charge on any atom is -0.265 e. The van der Waals surface area contributed by atoms with Gasteiger partial charge in [-0.25, -0.2) is 70.2 Å². The number of rotatable bonds is 12. The molecule has 13 rings (SSSR count). The Bertz CT molecular complexity index is 5230. The largest absolute Gasteiger partial charge is 0.416 e. The molecule has 0 N–H and O–H groups in total. The van der Waals surface area contributed by atoms with Crippen molar-refractivity contribution < 1.29 is 83.4 Å². The van der Waals surface area contributed by atoms with Crippen LogP contribution in [-0.4, -0.2) is 4.98 Å². The summed E-state index contributed by atoms with van der Waals surface area (Å²) in [6.45, 7) is 33.0. The number of hydrogen-bond donors (Lipinski definition) is 0. The van der Waals surface area contributed by atoms with Crippen molar-refractivity contribution in [1.29, 1.82) is 0 Å². The molecule has 0 atom stereocenters. The zero-order chi connectivity index (χ0) is 94.9. The molecule has 678 valence electrons. The summed E-state index contributed by atoms with van der Waals surface area (Å²) in [5.74, 6) is -16.4. The quantitative estimate of drug-likeness (QED) is 0.0675. The number of alkyl halides is 3. The van der Waals surface area contributed by atoms with Gasteiger partial charge < -0.3 is 0 Å². The van der Waals surface area contributed by atoms with Crippen molar-refractivity contribution in [2.75, 3.05) is 0 Å². The summed E-state index contributed by atoms with van der Waals surface area (Å²) in [6, 6.07) is 64.6. The molecule has 0 radical (unpaired) electrons. The van der Waals surface area contributed by atoms with Gasteiger partial charge in [0.15, 0.2) is 69.8 Å². The van der Waals surface area contributed by atoms with Crippen molar-refractivity contribution >= 4 is 10.8 Å². The van der Waals surface area contributed by atoms with Crippen LogP contribution in [0.1, 0.15) is 189 Å². The topological polar surface area (TPSA) is 12.9 Å². The maximum atomic E-state index is 12.9. The van der Waals surface area contributed by atoms with Gasteiger partial charge in [-0.2, -0.15) is 13.2 Å². The van der Waals surface area contributed by atoms with Crippen molar-refractivity contribution in [3.63, 3.8) is 0 Å². The second-order valence-corrected chi connectivity index (χ2v) is 28.4. The maximum absolute atomic E-state index is 12.9. The van der Waals surface area contributed by atoms with E-state index in [0.29, 0.717) is 48.4 Å². The van der Waals surface area contributed by atoms with E-state index in [4.69, 9.17) is 0 Å². The zero-order valence-corrected chi connectivity index (χ0v) is 75.1. The summed E-state index contributed by atoms with van der Waals surface area (Å²) in [5, 5.41) is 2.67. The summed E-state index contributed by atoms with van der Waals surface area (Å²) < 4.78 is 239. The van der Waals surface area contributed by atoms with E-state index in [1.54, 1.807) is 84.0 Å². The molecular weight excluding hydrogens is 1650 g/mol. The number of pyridine rings is 1. The Hall–Kier alpha value is -11.3. The van der Waals surface area contributed by atoms with Crippen LogP contribution in [0.5, 0.6) is 0 Å². The van der Waals surface area contributed by atoms with Gasteiger partial charge >= 0.3 is 6.18 Å². The van der Waals surface area contributed by atoms with Gasteiger partial charge in [0.2, 0.25) is 0 Å². The third-order valence-corrected chi connectivity index (χ3v) is 19.8. The Labute approximate surface area is 732 Å². The molecule has 12 aromatic carbocycles. The summed E-state index contributed by atoms with van der Waals surface area (Å²) in [4.78, 5) is 3.89. The van der Waals surface area contributed by atoms with Crippen LogP contribution in [0.15, 0.2) is 231 Å². The molecule has 0 aliphatic heterocycles. The molecule has 0 saturated carbocycles. The molecule has 1 nitrogen and oxygen atoms in total. The lowest BCUT2D eigenvalue weighted by Gasteiger charge is -2.10. The summed E-state index contributed by atoms with van der Waals surface area (Å²) in [5.41, 5.74) is 12.7. The number of aryl methyl sites for hydroxylation is 12. The third-order valence-electron chi connectivity index (χ3n) is 19.8. The number of fused-ring (bicyclic) bond motifs is 1. The molecule has 0 amide bonds. The Morgan fingerprint density at radius 1 is 0.230 bits per heavy atom. The van der Waals surface area contributed by atoms with E-state index in [0.717, 1.165) is 74.3 Å². The van der Waals surface area contributed by atoms with Crippen molar-refractivity contribution in [2.45, 2.75) is 208 Å². The third kappa shape index (κ3) is 37.5. The molecule has 13 aromatic rings. The van der Waals surface area contributed by atoms with Gasteiger partial charge in [0.25, 0.3) is 0 Å². The molecule has 0 bridgehead atoms. The first-order chi connectivity index (χ1) is 59.8. The standard InChI is InChI=1S/C12H12.C9H8F4.4C9H9F3.2C9H12.3C8H9F.C7H9N/c1-2-10-7-8-11-5-3-4-6-12(11)9-10;1-3-5-4(2)6(10)8(12)9(13)7(5)11;1-3-6-5(2)7(10)4-8(11)9(6)12;1-3-6-4-7(10)9(12)8(11)5(6)2;1-3-6-5(2)4-7(10)9(12)8(6)11;1-2-7-5-3-4-6-8(7)9(10,11)12;1-3-9-6-4-5-8(2)7-9;1-3-9-7-5-4-6-8(9)2;1-2-7-3-5-8(9)6-4-7;1-2-7-4-3-5-8(9)6-7;1-2-7-5-3-4-6-8(7)9;1-2-7-3-5-8-6-4-7/h3-9H,2H2,1H3;3H2,1-2H3;3*4H,3H2,1-2H3;3-6H,2H2,1H3;2*4-7H,3H2,1-2H3;3*3-6H,2H2,1H3;3-6H,2H2,1H3. The summed E-state index contributed by atoms with van der Waals surface area (Å²) in [7, 11) is 0. The highest BCUT2D eigenvalue weighted by Crippen LogP contribution is 2.32. The first kappa shape index (κ1) is 111. The molecule has 0 unspecified atom stereocenters. The van der Waals surface area contributed by atoms with Gasteiger partial charge in [0.05, 0.1) is 5.56 Å². The number of halogens is 19. The van der Waals surface area contributed by atoms with Crippen molar-refractivity contribution in [2.24, 2.45) is 0 Å². The Morgan fingerprint density at radius 2 is 0.651 bits per heavy atom. The Balaban J connectivity index is 0.000000467. The van der Waals surface area contributed by atoms with Gasteiger partial charge in [0, 0.05) is 18.5 Å². The maximum Gasteiger partial charge on any atom is 0.416 e. The second kappa shape index (κ2) is 58.8. The lowest BCUT2D eigenvalue weighted by Crippen LogP contribution is -2.08. The predicted octanol–water partition coefficient (Wildman–Crippen LogP) is 32.6. The zero-order valence-electron chi connectivity index (χ0n) is 75.1. The molecular formula is C106H116F19N. The van der Waals surface area contributed by atoms with E-state index in [2.05, 4.69) is 138 Å². The number of hydrogen-bond acceptors (Lipinski definition) is 1. The highest BCUT2D eigenvalue weighted by molar-refractivity contribution is 5.83. The fraction of sp³-hybridized carbons (Fsp3) is 0.292. The van der Waals surface area contributed by atoms with Crippen LogP contribution in [0.4, 0.5) is 83.4 Å². The highest BCUT2D eigenvalue weighted by atomic mass is 19.4. The van der Waals surface area contributed by atoms with Crippen molar-refractivity contribution in [1.82, 2.24) is 4.98 Å². The molecule has 20 heteroatoms. The normalized spacial score (nSPS) is 10.2. The molecule has 0 aliphatic carbocycles. The van der Waals surface area contributed by atoms with Crippen LogP contribution in [0.25, 0.3) is 10.8 Å². The molecule has 1 heterocycles. The smallest absolute Gasteiger partial charge is 0.265 e. The minimum atomic E-state index is -4.22.